The molecule has 0 aliphatic heterocycles. The van der Waals surface area contributed by atoms with Crippen LogP contribution in [0.3, 0.4) is 0 Å². The maximum Gasteiger partial charge on any atom is 0.469 e. The Balaban J connectivity index is 3.99. The molecule has 0 aromatic heterocycles. The molecule has 0 aromatic carbocycles. The van der Waals surface area contributed by atoms with Crippen LogP contribution in [0.4, 0.5) is 0 Å². The molecule has 0 aliphatic rings. The molecule has 9 heteroatoms. The van der Waals surface area contributed by atoms with E-state index < -0.39 is 32.5 Å². The molecule has 0 radical (unpaired) electrons. The van der Waals surface area contributed by atoms with Crippen LogP contribution in [0.1, 0.15) is 181 Å². The molecular weight excluding hydrogens is 627 g/mol. The van der Waals surface area contributed by atoms with E-state index >= 15 is 0 Å². The van der Waals surface area contributed by atoms with Gasteiger partial charge in [0.15, 0.2) is 6.10 Å². The van der Waals surface area contributed by atoms with Crippen molar-refractivity contribution in [2.45, 2.75) is 187 Å². The van der Waals surface area contributed by atoms with Crippen LogP contribution in [-0.4, -0.2) is 41.0 Å². The zero-order valence-corrected chi connectivity index (χ0v) is 31.5. The summed E-state index contributed by atoms with van der Waals surface area (Å²) in [7, 11) is -4.75. The average Bonchev–Trinajstić information content (AvgIpc) is 3.05. The third-order valence-corrected chi connectivity index (χ3v) is 8.62. The third kappa shape index (κ3) is 37.1. The number of rotatable bonds is 35. The highest BCUT2D eigenvalue weighted by Crippen LogP contribution is 2.36. The Bertz CT molecular complexity index is 879. The van der Waals surface area contributed by atoms with E-state index in [0.29, 0.717) is 6.42 Å². The Hall–Kier alpha value is -1.73. The minimum Gasteiger partial charge on any atom is -0.462 e. The monoisotopic (exact) mass is 698 g/mol. The minimum absolute atomic E-state index is 0.195. The molecule has 48 heavy (non-hydrogen) atoms. The topological polar surface area (TPSA) is 119 Å². The summed E-state index contributed by atoms with van der Waals surface area (Å²) in [5.74, 6) is -0.906. The number of esters is 2. The lowest BCUT2D eigenvalue weighted by Gasteiger charge is -2.18. The maximum atomic E-state index is 12.4. The van der Waals surface area contributed by atoms with Gasteiger partial charge in [0, 0.05) is 12.8 Å². The van der Waals surface area contributed by atoms with E-state index in [0.717, 1.165) is 70.6 Å². The summed E-state index contributed by atoms with van der Waals surface area (Å²) < 4.78 is 26.3. The van der Waals surface area contributed by atoms with Crippen molar-refractivity contribution in [3.63, 3.8) is 0 Å². The Kier molecular flexibility index (Phi) is 33.8. The summed E-state index contributed by atoms with van der Waals surface area (Å²) in [4.78, 5) is 42.7. The first-order valence-electron chi connectivity index (χ1n) is 19.3. The van der Waals surface area contributed by atoms with Crippen LogP contribution in [0.2, 0.25) is 0 Å². The predicted molar refractivity (Wildman–Crippen MR) is 198 cm³/mol. The second-order valence-electron chi connectivity index (χ2n) is 12.9. The second kappa shape index (κ2) is 35.1. The smallest absolute Gasteiger partial charge is 0.462 e. The molecule has 0 unspecified atom stereocenters. The Morgan fingerprint density at radius 1 is 0.542 bits per heavy atom. The number of carbonyl (C=O) groups is 2. The van der Waals surface area contributed by atoms with Crippen LogP contribution >= 0.6 is 7.82 Å². The molecule has 0 amide bonds. The van der Waals surface area contributed by atoms with E-state index in [1.54, 1.807) is 0 Å². The molecule has 2 N–H and O–H groups in total. The standard InChI is InChI=1S/C39H71O8P/c1-3-5-7-9-11-13-15-17-19-21-23-25-27-29-31-33-38(40)45-35-37(36-46-48(42,43)44)47-39(41)34-32-30-28-26-24-22-20-18-16-14-12-10-8-6-4-2/h12-15,18,20,37H,3-11,16-17,19,21-36H2,1-2H3,(H2,42,43,44)/b14-12-,15-13-,20-18-/t37-/m1/s1. The lowest BCUT2D eigenvalue weighted by atomic mass is 10.1. The molecule has 0 spiro atoms. The number of unbranched alkanes of at least 4 members (excludes halogenated alkanes) is 19. The summed E-state index contributed by atoms with van der Waals surface area (Å²) in [6.07, 6.45) is 40.0. The van der Waals surface area contributed by atoms with Gasteiger partial charge in [-0.25, -0.2) is 4.57 Å². The summed E-state index contributed by atoms with van der Waals surface area (Å²) in [6.45, 7) is 3.62. The second-order valence-corrected chi connectivity index (χ2v) is 14.1. The quantitative estimate of drug-likeness (QED) is 0.0290. The third-order valence-electron chi connectivity index (χ3n) is 8.13. The van der Waals surface area contributed by atoms with Crippen LogP contribution in [0, 0.1) is 0 Å². The van der Waals surface area contributed by atoms with Gasteiger partial charge < -0.3 is 19.3 Å². The van der Waals surface area contributed by atoms with Gasteiger partial charge in [0.25, 0.3) is 0 Å². The number of ether oxygens (including phenoxy) is 2. The summed E-state index contributed by atoms with van der Waals surface area (Å²) >= 11 is 0. The Morgan fingerprint density at radius 3 is 1.44 bits per heavy atom. The van der Waals surface area contributed by atoms with Crippen molar-refractivity contribution in [1.29, 1.82) is 0 Å². The number of phosphoric acid groups is 1. The molecule has 280 valence electrons. The first-order chi connectivity index (χ1) is 23.3. The number of hydrogen-bond donors (Lipinski definition) is 2. The fourth-order valence-electron chi connectivity index (χ4n) is 5.22. The first kappa shape index (κ1) is 46.3. The van der Waals surface area contributed by atoms with Gasteiger partial charge in [0.05, 0.1) is 6.61 Å². The molecule has 8 nitrogen and oxygen atoms in total. The highest BCUT2D eigenvalue weighted by molar-refractivity contribution is 7.46. The van der Waals surface area contributed by atoms with Crippen LogP contribution in [0.5, 0.6) is 0 Å². The lowest BCUT2D eigenvalue weighted by Crippen LogP contribution is -2.29. The average molecular weight is 699 g/mol. The number of carbonyl (C=O) groups excluding carboxylic acids is 2. The zero-order chi connectivity index (χ0) is 35.4. The van der Waals surface area contributed by atoms with E-state index in [9.17, 15) is 14.2 Å². The largest absolute Gasteiger partial charge is 0.469 e. The number of phosphoric ester groups is 1. The summed E-state index contributed by atoms with van der Waals surface area (Å²) in [6, 6.07) is 0. The van der Waals surface area contributed by atoms with E-state index in [1.807, 2.05) is 0 Å². The van der Waals surface area contributed by atoms with Gasteiger partial charge in [-0.05, 0) is 70.6 Å². The van der Waals surface area contributed by atoms with Crippen molar-refractivity contribution in [3.05, 3.63) is 36.5 Å². The van der Waals surface area contributed by atoms with Gasteiger partial charge in [0.2, 0.25) is 0 Å². The molecule has 1 atom stereocenters. The number of hydrogen-bond acceptors (Lipinski definition) is 6. The van der Waals surface area contributed by atoms with E-state index in [-0.39, 0.29) is 19.4 Å². The minimum atomic E-state index is -4.75. The Labute approximate surface area is 293 Å². The molecule has 0 rings (SSSR count). The molecule has 0 fully saturated rings. The molecule has 0 bridgehead atoms. The zero-order valence-electron chi connectivity index (χ0n) is 30.6. The van der Waals surface area contributed by atoms with Crippen molar-refractivity contribution in [3.8, 4) is 0 Å². The van der Waals surface area contributed by atoms with Gasteiger partial charge in [-0.2, -0.15) is 0 Å². The van der Waals surface area contributed by atoms with E-state index in [2.05, 4.69) is 54.8 Å². The molecular formula is C39H71O8P. The first-order valence-corrected chi connectivity index (χ1v) is 20.8. The molecule has 0 saturated carbocycles. The highest BCUT2D eigenvalue weighted by Gasteiger charge is 2.22. The van der Waals surface area contributed by atoms with Gasteiger partial charge in [0.1, 0.15) is 6.61 Å². The van der Waals surface area contributed by atoms with Crippen molar-refractivity contribution in [1.82, 2.24) is 0 Å². The van der Waals surface area contributed by atoms with Gasteiger partial charge in [-0.15, -0.1) is 0 Å². The van der Waals surface area contributed by atoms with Crippen LogP contribution in [0.15, 0.2) is 36.5 Å². The fraction of sp³-hybridized carbons (Fsp3) is 0.795. The molecule has 0 aromatic rings. The van der Waals surface area contributed by atoms with Gasteiger partial charge in [-0.3, -0.25) is 14.1 Å². The number of allylic oxidation sites excluding steroid dienone is 6. The Morgan fingerprint density at radius 2 is 0.938 bits per heavy atom. The predicted octanol–water partition coefficient (Wildman–Crippen LogP) is 11.4. The van der Waals surface area contributed by atoms with Crippen LogP contribution < -0.4 is 0 Å². The fourth-order valence-corrected chi connectivity index (χ4v) is 5.58. The highest BCUT2D eigenvalue weighted by atomic mass is 31.2. The SMILES string of the molecule is CCCCC/C=C\C/C=C\CCCCCCCC(=O)O[C@H](COC(=O)CCCCCCCCC/C=C\CCCCCC)COP(=O)(O)O. The normalized spacial score (nSPS) is 12.8. The molecule has 0 heterocycles. The molecule has 0 aliphatic carbocycles. The van der Waals surface area contributed by atoms with Gasteiger partial charge in [-0.1, -0.05) is 134 Å². The molecule has 0 saturated heterocycles. The van der Waals surface area contributed by atoms with Gasteiger partial charge >= 0.3 is 19.8 Å². The van der Waals surface area contributed by atoms with E-state index in [4.69, 9.17) is 19.3 Å². The van der Waals surface area contributed by atoms with Crippen molar-refractivity contribution < 1.29 is 37.9 Å². The maximum absolute atomic E-state index is 12.4. The summed E-state index contributed by atoms with van der Waals surface area (Å²) in [5.41, 5.74) is 0. The lowest BCUT2D eigenvalue weighted by molar-refractivity contribution is -0.161. The van der Waals surface area contributed by atoms with Crippen molar-refractivity contribution in [2.24, 2.45) is 0 Å². The summed E-state index contributed by atoms with van der Waals surface area (Å²) in [5, 5.41) is 0. The van der Waals surface area contributed by atoms with E-state index in [1.165, 1.54) is 77.0 Å². The van der Waals surface area contributed by atoms with Crippen LogP contribution in [0.25, 0.3) is 0 Å². The van der Waals surface area contributed by atoms with Crippen LogP contribution in [-0.2, 0) is 28.2 Å². The van der Waals surface area contributed by atoms with Crippen molar-refractivity contribution in [2.75, 3.05) is 13.2 Å². The van der Waals surface area contributed by atoms with Crippen molar-refractivity contribution >= 4 is 19.8 Å².